The summed E-state index contributed by atoms with van der Waals surface area (Å²) in [5, 5.41) is 0.678. The zero-order chi connectivity index (χ0) is 10.8. The van der Waals surface area contributed by atoms with Gasteiger partial charge in [0.05, 0.1) is 0 Å². The Labute approximate surface area is 92.1 Å². The number of benzene rings is 1. The fourth-order valence-electron chi connectivity index (χ4n) is 1.33. The molecule has 3 nitrogen and oxygen atoms in total. The number of rotatable bonds is 2. The lowest BCUT2D eigenvalue weighted by Gasteiger charge is -1.95. The van der Waals surface area contributed by atoms with Crippen LogP contribution >= 0.6 is 11.6 Å². The monoisotopic (exact) mass is 220 g/mol. The molecule has 0 saturated heterocycles. The minimum absolute atomic E-state index is 0.444. The molecule has 1 heterocycles. The van der Waals surface area contributed by atoms with Crippen LogP contribution in [0.25, 0.3) is 11.4 Å². The Kier molecular flexibility index (Phi) is 2.56. The number of carbonyl (C=O) groups is 1. The average Bonchev–Trinajstić information content (AvgIpc) is 2.61. The van der Waals surface area contributed by atoms with Crippen LogP contribution in [0.5, 0.6) is 0 Å². The highest BCUT2D eigenvalue weighted by Gasteiger charge is 2.06. The molecule has 76 valence electrons. The zero-order valence-corrected chi connectivity index (χ0v) is 8.88. The van der Waals surface area contributed by atoms with Crippen molar-refractivity contribution in [2.45, 2.75) is 6.92 Å². The van der Waals surface area contributed by atoms with E-state index in [1.54, 1.807) is 12.1 Å². The van der Waals surface area contributed by atoms with E-state index in [9.17, 15) is 4.79 Å². The van der Waals surface area contributed by atoms with Gasteiger partial charge in [0.2, 0.25) is 0 Å². The predicted octanol–water partition coefficient (Wildman–Crippen LogP) is 2.85. The highest BCUT2D eigenvalue weighted by atomic mass is 35.5. The molecule has 0 unspecified atom stereocenters. The Bertz CT molecular complexity index is 488. The molecule has 0 fully saturated rings. The number of aromatic nitrogens is 2. The maximum absolute atomic E-state index is 10.6. The summed E-state index contributed by atoms with van der Waals surface area (Å²) in [5.74, 6) is 0.686. The first-order chi connectivity index (χ1) is 7.20. The molecule has 0 amide bonds. The van der Waals surface area contributed by atoms with Crippen LogP contribution in [0.1, 0.15) is 16.2 Å². The van der Waals surface area contributed by atoms with Crippen LogP contribution in [-0.2, 0) is 0 Å². The highest BCUT2D eigenvalue weighted by molar-refractivity contribution is 6.30. The summed E-state index contributed by atoms with van der Waals surface area (Å²) in [6.45, 7) is 1.82. The Morgan fingerprint density at radius 3 is 2.53 bits per heavy atom. The molecule has 0 aliphatic rings. The molecule has 0 atom stereocenters. The predicted molar refractivity (Wildman–Crippen MR) is 59.2 cm³/mol. The van der Waals surface area contributed by atoms with E-state index in [2.05, 4.69) is 9.97 Å². The Balaban J connectivity index is 2.45. The number of imidazole rings is 1. The van der Waals surface area contributed by atoms with Crippen molar-refractivity contribution in [2.24, 2.45) is 0 Å². The Hall–Kier alpha value is -1.61. The second-order valence-corrected chi connectivity index (χ2v) is 3.66. The molecule has 4 heteroatoms. The topological polar surface area (TPSA) is 45.8 Å². The number of hydrogen-bond acceptors (Lipinski definition) is 2. The fourth-order valence-corrected chi connectivity index (χ4v) is 1.46. The van der Waals surface area contributed by atoms with Crippen LogP contribution in [0.15, 0.2) is 24.3 Å². The van der Waals surface area contributed by atoms with Crippen molar-refractivity contribution in [1.29, 1.82) is 0 Å². The van der Waals surface area contributed by atoms with Gasteiger partial charge in [0, 0.05) is 16.3 Å². The molecule has 0 spiro atoms. The van der Waals surface area contributed by atoms with E-state index in [1.165, 1.54) is 0 Å². The summed E-state index contributed by atoms with van der Waals surface area (Å²) in [6.07, 6.45) is 0.741. The number of aromatic amines is 1. The quantitative estimate of drug-likeness (QED) is 0.791. The van der Waals surface area contributed by atoms with Crippen LogP contribution in [0.2, 0.25) is 5.02 Å². The van der Waals surface area contributed by atoms with Gasteiger partial charge in [-0.25, -0.2) is 4.98 Å². The SMILES string of the molecule is Cc1[nH]c(-c2ccc(Cl)cc2)nc1C=O. The van der Waals surface area contributed by atoms with E-state index in [1.807, 2.05) is 19.1 Å². The summed E-state index contributed by atoms with van der Waals surface area (Å²) < 4.78 is 0. The average molecular weight is 221 g/mol. The number of hydrogen-bond donors (Lipinski definition) is 1. The second kappa shape index (κ2) is 3.87. The van der Waals surface area contributed by atoms with Crippen molar-refractivity contribution in [3.05, 3.63) is 40.7 Å². The summed E-state index contributed by atoms with van der Waals surface area (Å²) in [4.78, 5) is 17.8. The van der Waals surface area contributed by atoms with Gasteiger partial charge in [-0.3, -0.25) is 4.79 Å². The molecule has 15 heavy (non-hydrogen) atoms. The van der Waals surface area contributed by atoms with E-state index in [0.717, 1.165) is 17.5 Å². The van der Waals surface area contributed by atoms with Crippen molar-refractivity contribution < 1.29 is 4.79 Å². The molecule has 1 aromatic heterocycles. The van der Waals surface area contributed by atoms with Gasteiger partial charge in [-0.2, -0.15) is 0 Å². The number of halogens is 1. The number of H-pyrrole nitrogens is 1. The van der Waals surface area contributed by atoms with Crippen molar-refractivity contribution in [3.63, 3.8) is 0 Å². The Morgan fingerprint density at radius 2 is 2.00 bits per heavy atom. The zero-order valence-electron chi connectivity index (χ0n) is 8.12. The molecule has 0 bridgehead atoms. The molecular formula is C11H9ClN2O. The van der Waals surface area contributed by atoms with Crippen LogP contribution < -0.4 is 0 Å². The third-order valence-corrected chi connectivity index (χ3v) is 2.40. The summed E-state index contributed by atoms with van der Waals surface area (Å²) in [6, 6.07) is 7.29. The fraction of sp³-hybridized carbons (Fsp3) is 0.0909. The summed E-state index contributed by atoms with van der Waals surface area (Å²) in [7, 11) is 0. The van der Waals surface area contributed by atoms with E-state index in [4.69, 9.17) is 11.6 Å². The summed E-state index contributed by atoms with van der Waals surface area (Å²) in [5.41, 5.74) is 2.13. The number of nitrogens with zero attached hydrogens (tertiary/aromatic N) is 1. The number of carbonyl (C=O) groups excluding carboxylic acids is 1. The normalized spacial score (nSPS) is 10.3. The first-order valence-corrected chi connectivity index (χ1v) is 4.86. The second-order valence-electron chi connectivity index (χ2n) is 3.22. The molecule has 2 aromatic rings. The van der Waals surface area contributed by atoms with Gasteiger partial charge < -0.3 is 4.98 Å². The molecule has 0 radical (unpaired) electrons. The molecule has 0 aliphatic heterocycles. The first-order valence-electron chi connectivity index (χ1n) is 4.48. The van der Waals surface area contributed by atoms with Gasteiger partial charge in [0.25, 0.3) is 0 Å². The maximum Gasteiger partial charge on any atom is 0.170 e. The van der Waals surface area contributed by atoms with E-state index < -0.39 is 0 Å². The van der Waals surface area contributed by atoms with Crippen LogP contribution in [0, 0.1) is 6.92 Å². The first kappa shape index (κ1) is 9.93. The third kappa shape index (κ3) is 1.92. The van der Waals surface area contributed by atoms with Crippen molar-refractivity contribution in [2.75, 3.05) is 0 Å². The van der Waals surface area contributed by atoms with Crippen LogP contribution in [0.4, 0.5) is 0 Å². The van der Waals surface area contributed by atoms with Crippen molar-refractivity contribution in [1.82, 2.24) is 9.97 Å². The largest absolute Gasteiger partial charge is 0.341 e. The van der Waals surface area contributed by atoms with E-state index in [0.29, 0.717) is 16.5 Å². The standard InChI is InChI=1S/C11H9ClN2O/c1-7-10(6-15)14-11(13-7)8-2-4-9(12)5-3-8/h2-6H,1H3,(H,13,14). The van der Waals surface area contributed by atoms with E-state index in [-0.39, 0.29) is 0 Å². The van der Waals surface area contributed by atoms with Gasteiger partial charge in [-0.1, -0.05) is 11.6 Å². The van der Waals surface area contributed by atoms with Crippen LogP contribution in [-0.4, -0.2) is 16.3 Å². The number of aldehydes is 1. The van der Waals surface area contributed by atoms with Gasteiger partial charge >= 0.3 is 0 Å². The van der Waals surface area contributed by atoms with Crippen molar-refractivity contribution in [3.8, 4) is 11.4 Å². The lowest BCUT2D eigenvalue weighted by Crippen LogP contribution is -1.82. The molecule has 0 saturated carbocycles. The lowest BCUT2D eigenvalue weighted by atomic mass is 10.2. The maximum atomic E-state index is 10.6. The molecule has 1 aromatic carbocycles. The molecule has 2 rings (SSSR count). The smallest absolute Gasteiger partial charge is 0.170 e. The third-order valence-electron chi connectivity index (χ3n) is 2.15. The minimum Gasteiger partial charge on any atom is -0.341 e. The summed E-state index contributed by atoms with van der Waals surface area (Å²) >= 11 is 5.78. The van der Waals surface area contributed by atoms with Gasteiger partial charge in [0.15, 0.2) is 6.29 Å². The molecular weight excluding hydrogens is 212 g/mol. The van der Waals surface area contributed by atoms with Gasteiger partial charge in [0.1, 0.15) is 11.5 Å². The van der Waals surface area contributed by atoms with Gasteiger partial charge in [-0.15, -0.1) is 0 Å². The highest BCUT2D eigenvalue weighted by Crippen LogP contribution is 2.19. The van der Waals surface area contributed by atoms with E-state index >= 15 is 0 Å². The lowest BCUT2D eigenvalue weighted by molar-refractivity contribution is 0.111. The minimum atomic E-state index is 0.444. The molecule has 1 N–H and O–H groups in total. The van der Waals surface area contributed by atoms with Crippen molar-refractivity contribution >= 4 is 17.9 Å². The number of nitrogens with one attached hydrogen (secondary N) is 1. The van der Waals surface area contributed by atoms with Gasteiger partial charge in [-0.05, 0) is 31.2 Å². The van der Waals surface area contributed by atoms with Crippen LogP contribution in [0.3, 0.4) is 0 Å². The Morgan fingerprint density at radius 1 is 1.33 bits per heavy atom. The molecule has 0 aliphatic carbocycles. The number of aryl methyl sites for hydroxylation is 1.